The molecule has 2 aromatic carbocycles. The summed E-state index contributed by atoms with van der Waals surface area (Å²) in [6.45, 7) is 4.95. The lowest BCUT2D eigenvalue weighted by Gasteiger charge is -2.40. The Morgan fingerprint density at radius 3 is 2.35 bits per heavy atom. The first kappa shape index (κ1) is 26.2. The van der Waals surface area contributed by atoms with E-state index in [1.807, 2.05) is 19.9 Å². The van der Waals surface area contributed by atoms with Crippen LogP contribution in [0.2, 0.25) is 10.0 Å². The number of amides is 1. The predicted octanol–water partition coefficient (Wildman–Crippen LogP) is 6.91. The number of anilines is 1. The van der Waals surface area contributed by atoms with Gasteiger partial charge in [-0.15, -0.1) is 0 Å². The summed E-state index contributed by atoms with van der Waals surface area (Å²) in [5.74, 6) is 2.09. The molecule has 184 valence electrons. The molecular weight excluding hydrogens is 475 g/mol. The number of allylic oxidation sites excluding steroid dienone is 1. The molecule has 0 aromatic heterocycles. The number of nitrogens with zero attached hydrogens (tertiary/aromatic N) is 1. The SMILES string of the molecule is CC.COc1ccc(C23CCC(OC(=O)Nc4cc(Cl)cc(Cl)c4)=CC2N(C)CC3)cc1OC. The molecule has 0 saturated carbocycles. The van der Waals surface area contributed by atoms with E-state index in [1.165, 1.54) is 5.56 Å². The monoisotopic (exact) mass is 506 g/mol. The van der Waals surface area contributed by atoms with Crippen LogP contribution in [-0.2, 0) is 10.2 Å². The van der Waals surface area contributed by atoms with Gasteiger partial charge in [-0.2, -0.15) is 0 Å². The fourth-order valence-electron chi connectivity index (χ4n) is 4.83. The molecule has 4 rings (SSSR count). The Labute approximate surface area is 211 Å². The second kappa shape index (κ2) is 11.3. The van der Waals surface area contributed by atoms with E-state index in [2.05, 4.69) is 35.5 Å². The first-order valence-corrected chi connectivity index (χ1v) is 12.2. The van der Waals surface area contributed by atoms with Gasteiger partial charge in [0.15, 0.2) is 11.5 Å². The van der Waals surface area contributed by atoms with Crippen molar-refractivity contribution in [2.75, 3.05) is 33.1 Å². The quantitative estimate of drug-likeness (QED) is 0.477. The number of fused-ring (bicyclic) bond motifs is 1. The van der Waals surface area contributed by atoms with Gasteiger partial charge < -0.3 is 14.2 Å². The fourth-order valence-corrected chi connectivity index (χ4v) is 5.35. The third-order valence-corrected chi connectivity index (χ3v) is 6.84. The van der Waals surface area contributed by atoms with Gasteiger partial charge in [-0.05, 0) is 68.4 Å². The number of halogens is 2. The van der Waals surface area contributed by atoms with Gasteiger partial charge in [-0.1, -0.05) is 43.1 Å². The van der Waals surface area contributed by atoms with E-state index < -0.39 is 6.09 Å². The Morgan fingerprint density at radius 1 is 1.03 bits per heavy atom. The molecule has 1 amide bonds. The molecule has 1 aliphatic heterocycles. The standard InChI is InChI=1S/C24H26Cl2N2O4.C2H6/c1-28-9-8-24(15-4-5-20(30-2)21(10-15)31-3)7-6-19(14-22(24)28)32-23(29)27-18-12-16(25)11-17(26)13-18;1-2/h4-5,10-14,22H,6-9H2,1-3H3,(H,27,29);1-2H3. The van der Waals surface area contributed by atoms with Gasteiger partial charge >= 0.3 is 6.09 Å². The van der Waals surface area contributed by atoms with Crippen molar-refractivity contribution in [1.82, 2.24) is 4.90 Å². The zero-order valence-electron chi connectivity index (χ0n) is 20.3. The van der Waals surface area contributed by atoms with Crippen molar-refractivity contribution in [3.05, 3.63) is 63.8 Å². The van der Waals surface area contributed by atoms with E-state index in [0.29, 0.717) is 33.7 Å². The largest absolute Gasteiger partial charge is 0.493 e. The van der Waals surface area contributed by atoms with Crippen LogP contribution in [0.25, 0.3) is 0 Å². The third-order valence-electron chi connectivity index (χ3n) is 6.40. The van der Waals surface area contributed by atoms with Crippen LogP contribution in [0.15, 0.2) is 48.2 Å². The predicted molar refractivity (Wildman–Crippen MR) is 137 cm³/mol. The minimum absolute atomic E-state index is 0.0713. The minimum atomic E-state index is -0.561. The molecule has 1 N–H and O–H groups in total. The van der Waals surface area contributed by atoms with Crippen molar-refractivity contribution in [3.63, 3.8) is 0 Å². The van der Waals surface area contributed by atoms with Crippen molar-refractivity contribution < 1.29 is 19.0 Å². The van der Waals surface area contributed by atoms with E-state index >= 15 is 0 Å². The molecule has 2 unspecified atom stereocenters. The summed E-state index contributed by atoms with van der Waals surface area (Å²) in [5.41, 5.74) is 1.62. The highest BCUT2D eigenvalue weighted by Gasteiger charge is 2.48. The fraction of sp³-hybridized carbons (Fsp3) is 0.423. The van der Waals surface area contributed by atoms with E-state index in [9.17, 15) is 4.79 Å². The maximum absolute atomic E-state index is 12.5. The van der Waals surface area contributed by atoms with Crippen LogP contribution in [0.3, 0.4) is 0 Å². The molecule has 0 bridgehead atoms. The van der Waals surface area contributed by atoms with Gasteiger partial charge in [0.2, 0.25) is 0 Å². The Balaban J connectivity index is 0.00000158. The third kappa shape index (κ3) is 5.45. The van der Waals surface area contributed by atoms with Gasteiger partial charge in [0.05, 0.1) is 14.2 Å². The Morgan fingerprint density at radius 2 is 1.71 bits per heavy atom. The zero-order chi connectivity index (χ0) is 24.9. The lowest BCUT2D eigenvalue weighted by atomic mass is 9.68. The number of methoxy groups -OCH3 is 2. The molecule has 0 spiro atoms. The van der Waals surface area contributed by atoms with Crippen molar-refractivity contribution >= 4 is 35.0 Å². The lowest BCUT2D eigenvalue weighted by Crippen LogP contribution is -2.42. The second-order valence-electron chi connectivity index (χ2n) is 8.21. The molecule has 8 heteroatoms. The number of rotatable bonds is 5. The maximum Gasteiger partial charge on any atom is 0.416 e. The van der Waals surface area contributed by atoms with Gasteiger partial charge in [-0.25, -0.2) is 4.79 Å². The summed E-state index contributed by atoms with van der Waals surface area (Å²) >= 11 is 12.0. The molecular formula is C26H32Cl2N2O4. The van der Waals surface area contributed by atoms with E-state index in [1.54, 1.807) is 32.4 Å². The zero-order valence-corrected chi connectivity index (χ0v) is 21.8. The van der Waals surface area contributed by atoms with Crippen molar-refractivity contribution in [3.8, 4) is 11.5 Å². The van der Waals surface area contributed by atoms with Crippen LogP contribution < -0.4 is 14.8 Å². The lowest BCUT2D eigenvalue weighted by molar-refractivity contribution is 0.174. The van der Waals surface area contributed by atoms with Crippen LogP contribution in [0.1, 0.15) is 38.7 Å². The molecule has 6 nitrogen and oxygen atoms in total. The summed E-state index contributed by atoms with van der Waals surface area (Å²) in [4.78, 5) is 14.8. The summed E-state index contributed by atoms with van der Waals surface area (Å²) in [6.07, 6.45) is 4.04. The van der Waals surface area contributed by atoms with Crippen LogP contribution in [0.5, 0.6) is 11.5 Å². The number of benzene rings is 2. The Kier molecular flexibility index (Phi) is 8.74. The second-order valence-corrected chi connectivity index (χ2v) is 9.08. The van der Waals surface area contributed by atoms with Crippen molar-refractivity contribution in [2.45, 2.75) is 44.6 Å². The van der Waals surface area contributed by atoms with E-state index in [-0.39, 0.29) is 11.5 Å². The number of nitrogens with one attached hydrogen (secondary N) is 1. The smallest absolute Gasteiger partial charge is 0.416 e. The molecule has 1 heterocycles. The highest BCUT2D eigenvalue weighted by atomic mass is 35.5. The first-order valence-electron chi connectivity index (χ1n) is 11.4. The first-order chi connectivity index (χ1) is 16.3. The van der Waals surface area contributed by atoms with Crippen molar-refractivity contribution in [1.29, 1.82) is 0 Å². The van der Waals surface area contributed by atoms with E-state index in [4.69, 9.17) is 37.4 Å². The van der Waals surface area contributed by atoms with Crippen molar-refractivity contribution in [2.24, 2.45) is 0 Å². The molecule has 2 aliphatic rings. The summed E-state index contributed by atoms with van der Waals surface area (Å²) < 4.78 is 16.6. The number of likely N-dealkylation sites (tertiary alicyclic amines) is 1. The number of ether oxygens (including phenoxy) is 3. The van der Waals surface area contributed by atoms with Gasteiger partial charge in [0.25, 0.3) is 0 Å². The number of likely N-dealkylation sites (N-methyl/N-ethyl adjacent to an activating group) is 1. The summed E-state index contributed by atoms with van der Waals surface area (Å²) in [6, 6.07) is 11.1. The normalized spacial score (nSPS) is 21.5. The van der Waals surface area contributed by atoms with Gasteiger partial charge in [-0.3, -0.25) is 10.2 Å². The summed E-state index contributed by atoms with van der Waals surface area (Å²) in [7, 11) is 5.38. The highest BCUT2D eigenvalue weighted by Crippen LogP contribution is 2.49. The molecule has 34 heavy (non-hydrogen) atoms. The molecule has 1 saturated heterocycles. The van der Waals surface area contributed by atoms with Gasteiger partial charge in [0, 0.05) is 33.6 Å². The van der Waals surface area contributed by atoms with Crippen LogP contribution in [0.4, 0.5) is 10.5 Å². The molecule has 1 aliphatic carbocycles. The molecule has 0 radical (unpaired) electrons. The van der Waals surface area contributed by atoms with Crippen LogP contribution in [-0.4, -0.2) is 44.8 Å². The minimum Gasteiger partial charge on any atom is -0.493 e. The Hall–Kier alpha value is -2.41. The van der Waals surface area contributed by atoms with E-state index in [0.717, 1.165) is 25.1 Å². The molecule has 2 aromatic rings. The van der Waals surface area contributed by atoms with Gasteiger partial charge in [0.1, 0.15) is 5.76 Å². The summed E-state index contributed by atoms with van der Waals surface area (Å²) in [5, 5.41) is 3.58. The Bertz CT molecular complexity index is 1040. The average molecular weight is 507 g/mol. The number of carbonyl (C=O) groups is 1. The average Bonchev–Trinajstić information content (AvgIpc) is 3.16. The van der Waals surface area contributed by atoms with Crippen LogP contribution >= 0.6 is 23.2 Å². The number of hydrogen-bond acceptors (Lipinski definition) is 5. The maximum atomic E-state index is 12.5. The number of hydrogen-bond donors (Lipinski definition) is 1. The van der Waals surface area contributed by atoms with Crippen LogP contribution in [0, 0.1) is 0 Å². The number of carbonyl (C=O) groups excluding carboxylic acids is 1. The molecule has 1 fully saturated rings. The molecule has 2 atom stereocenters. The topological polar surface area (TPSA) is 60.0 Å². The highest BCUT2D eigenvalue weighted by molar-refractivity contribution is 6.35.